The number of hydrogen-bond acceptors (Lipinski definition) is 2. The molecule has 0 bridgehead atoms. The van der Waals surface area contributed by atoms with Crippen LogP contribution in [0.4, 0.5) is 0 Å². The molecule has 16 heavy (non-hydrogen) atoms. The Kier molecular flexibility index (Phi) is 2.02. The van der Waals surface area contributed by atoms with E-state index < -0.39 is 0 Å². The zero-order chi connectivity index (χ0) is 11.0. The van der Waals surface area contributed by atoms with Gasteiger partial charge in [0.25, 0.3) is 0 Å². The number of aromatic nitrogens is 1. The first-order valence-electron chi connectivity index (χ1n) is 4.93. The molecule has 3 rings (SSSR count). The second kappa shape index (κ2) is 3.51. The van der Waals surface area contributed by atoms with Crippen molar-refractivity contribution in [3.8, 4) is 17.2 Å². The molecule has 0 aliphatic heterocycles. The Labute approximate surface area is 96.8 Å². The van der Waals surface area contributed by atoms with E-state index in [1.54, 1.807) is 17.5 Å². The third-order valence-corrected chi connectivity index (χ3v) is 3.60. The second-order valence-electron chi connectivity index (χ2n) is 3.54. The number of rotatable bonds is 1. The van der Waals surface area contributed by atoms with E-state index in [0.717, 1.165) is 11.1 Å². The lowest BCUT2D eigenvalue weighted by molar-refractivity contribution is 1.40. The van der Waals surface area contributed by atoms with Crippen LogP contribution in [0.25, 0.3) is 21.2 Å². The van der Waals surface area contributed by atoms with Gasteiger partial charge in [0.15, 0.2) is 0 Å². The number of hydrogen-bond donors (Lipinski definition) is 1. The number of thiophene rings is 1. The predicted octanol–water partition coefficient (Wildman–Crippen LogP) is 3.77. The quantitative estimate of drug-likeness (QED) is 0.671. The normalized spacial score (nSPS) is 10.4. The van der Waals surface area contributed by atoms with E-state index in [1.165, 1.54) is 10.1 Å². The highest BCUT2D eigenvalue weighted by Gasteiger charge is 2.09. The van der Waals surface area contributed by atoms with Gasteiger partial charge in [-0.25, -0.2) is 0 Å². The van der Waals surface area contributed by atoms with Gasteiger partial charge in [0.1, 0.15) is 6.07 Å². The fourth-order valence-corrected chi connectivity index (χ4v) is 2.81. The van der Waals surface area contributed by atoms with Crippen LogP contribution in [0.1, 0.15) is 5.56 Å². The van der Waals surface area contributed by atoms with Gasteiger partial charge in [-0.15, -0.1) is 11.3 Å². The molecule has 0 spiro atoms. The first-order chi connectivity index (χ1) is 7.90. The van der Waals surface area contributed by atoms with E-state index in [9.17, 15) is 0 Å². The summed E-state index contributed by atoms with van der Waals surface area (Å²) in [6.07, 6.45) is 3.62. The topological polar surface area (TPSA) is 39.6 Å². The predicted molar refractivity (Wildman–Crippen MR) is 66.3 cm³/mol. The first-order valence-corrected chi connectivity index (χ1v) is 5.81. The molecule has 76 valence electrons. The molecule has 0 amide bonds. The maximum absolute atomic E-state index is 9.02. The van der Waals surface area contributed by atoms with E-state index in [1.807, 2.05) is 12.3 Å². The lowest BCUT2D eigenvalue weighted by Gasteiger charge is -2.00. The summed E-state index contributed by atoms with van der Waals surface area (Å²) < 4.78 is 1.23. The third kappa shape index (κ3) is 1.24. The molecule has 2 aromatic heterocycles. The number of aromatic amines is 1. The van der Waals surface area contributed by atoms with Crippen molar-refractivity contribution in [3.63, 3.8) is 0 Å². The van der Waals surface area contributed by atoms with Crippen molar-refractivity contribution in [2.45, 2.75) is 0 Å². The molecule has 1 N–H and O–H groups in total. The van der Waals surface area contributed by atoms with Crippen molar-refractivity contribution >= 4 is 21.4 Å². The SMILES string of the molecule is N#Cc1c[nH]cc1-c1cccc2ccsc12. The van der Waals surface area contributed by atoms with Crippen LogP contribution in [0, 0.1) is 11.3 Å². The Hall–Kier alpha value is -2.05. The lowest BCUT2D eigenvalue weighted by atomic mass is 10.0. The van der Waals surface area contributed by atoms with Crippen LogP contribution >= 0.6 is 11.3 Å². The largest absolute Gasteiger partial charge is 0.366 e. The van der Waals surface area contributed by atoms with Crippen LogP contribution < -0.4 is 0 Å². The number of nitrogens with one attached hydrogen (secondary N) is 1. The average molecular weight is 224 g/mol. The summed E-state index contributed by atoms with van der Waals surface area (Å²) in [5, 5.41) is 12.3. The summed E-state index contributed by atoms with van der Waals surface area (Å²) in [5.74, 6) is 0. The van der Waals surface area contributed by atoms with Crippen LogP contribution in [0.3, 0.4) is 0 Å². The van der Waals surface area contributed by atoms with Gasteiger partial charge < -0.3 is 4.98 Å². The fourth-order valence-electron chi connectivity index (χ4n) is 1.88. The van der Waals surface area contributed by atoms with Crippen LogP contribution in [0.2, 0.25) is 0 Å². The van der Waals surface area contributed by atoms with Gasteiger partial charge in [0.2, 0.25) is 0 Å². The van der Waals surface area contributed by atoms with Gasteiger partial charge in [0.05, 0.1) is 5.56 Å². The van der Waals surface area contributed by atoms with Crippen LogP contribution in [-0.4, -0.2) is 4.98 Å². The molecule has 3 heteroatoms. The van der Waals surface area contributed by atoms with Gasteiger partial charge in [-0.3, -0.25) is 0 Å². The second-order valence-corrected chi connectivity index (χ2v) is 4.46. The van der Waals surface area contributed by atoms with Crippen molar-refractivity contribution in [2.24, 2.45) is 0 Å². The van der Waals surface area contributed by atoms with Gasteiger partial charge in [0, 0.05) is 28.2 Å². The van der Waals surface area contributed by atoms with E-state index in [0.29, 0.717) is 5.56 Å². The molecule has 2 nitrogen and oxygen atoms in total. The van der Waals surface area contributed by atoms with Crippen LogP contribution in [0.5, 0.6) is 0 Å². The highest BCUT2D eigenvalue weighted by atomic mass is 32.1. The average Bonchev–Trinajstić information content (AvgIpc) is 2.96. The molecule has 0 saturated heterocycles. The minimum absolute atomic E-state index is 0.695. The molecule has 0 aliphatic carbocycles. The van der Waals surface area contributed by atoms with Crippen molar-refractivity contribution in [1.29, 1.82) is 5.26 Å². The summed E-state index contributed by atoms with van der Waals surface area (Å²) in [5.41, 5.74) is 2.81. The first kappa shape index (κ1) is 9.20. The summed E-state index contributed by atoms with van der Waals surface area (Å²) >= 11 is 1.71. The van der Waals surface area contributed by atoms with Gasteiger partial charge in [-0.2, -0.15) is 5.26 Å². The minimum Gasteiger partial charge on any atom is -0.366 e. The Morgan fingerprint density at radius 2 is 2.06 bits per heavy atom. The van der Waals surface area contributed by atoms with Crippen LogP contribution in [-0.2, 0) is 0 Å². The summed E-state index contributed by atoms with van der Waals surface area (Å²) in [4.78, 5) is 2.99. The molecule has 1 aromatic carbocycles. The molecule has 0 aliphatic rings. The van der Waals surface area contributed by atoms with Gasteiger partial charge >= 0.3 is 0 Å². The number of fused-ring (bicyclic) bond motifs is 1. The molecule has 3 aromatic rings. The minimum atomic E-state index is 0.695. The Morgan fingerprint density at radius 1 is 1.12 bits per heavy atom. The maximum atomic E-state index is 9.02. The number of benzene rings is 1. The molecule has 2 heterocycles. The van der Waals surface area contributed by atoms with Crippen molar-refractivity contribution in [3.05, 3.63) is 47.6 Å². The van der Waals surface area contributed by atoms with Crippen LogP contribution in [0.15, 0.2) is 42.0 Å². The number of H-pyrrole nitrogens is 1. The number of nitriles is 1. The standard InChI is InChI=1S/C13H8N2S/c14-6-10-7-15-8-12(10)11-3-1-2-9-4-5-16-13(9)11/h1-5,7-8,15H. The molecule has 0 atom stereocenters. The summed E-state index contributed by atoms with van der Waals surface area (Å²) in [6.45, 7) is 0. The zero-order valence-electron chi connectivity index (χ0n) is 8.40. The summed E-state index contributed by atoms with van der Waals surface area (Å²) in [6, 6.07) is 10.5. The molecule has 0 fully saturated rings. The maximum Gasteiger partial charge on any atom is 0.101 e. The number of nitrogens with zero attached hydrogens (tertiary/aromatic N) is 1. The monoisotopic (exact) mass is 224 g/mol. The Morgan fingerprint density at radius 3 is 2.94 bits per heavy atom. The van der Waals surface area contributed by atoms with Crippen molar-refractivity contribution in [1.82, 2.24) is 4.98 Å². The van der Waals surface area contributed by atoms with E-state index >= 15 is 0 Å². The zero-order valence-corrected chi connectivity index (χ0v) is 9.21. The van der Waals surface area contributed by atoms with E-state index in [-0.39, 0.29) is 0 Å². The lowest BCUT2D eigenvalue weighted by Crippen LogP contribution is -1.78. The molecular weight excluding hydrogens is 216 g/mol. The molecular formula is C13H8N2S. The highest BCUT2D eigenvalue weighted by Crippen LogP contribution is 2.33. The Balaban J connectivity index is 2.35. The van der Waals surface area contributed by atoms with E-state index in [4.69, 9.17) is 5.26 Å². The van der Waals surface area contributed by atoms with Gasteiger partial charge in [-0.05, 0) is 16.8 Å². The molecule has 0 saturated carbocycles. The third-order valence-electron chi connectivity index (χ3n) is 2.64. The van der Waals surface area contributed by atoms with Crippen molar-refractivity contribution in [2.75, 3.05) is 0 Å². The molecule has 0 radical (unpaired) electrons. The highest BCUT2D eigenvalue weighted by molar-refractivity contribution is 7.17. The fraction of sp³-hybridized carbons (Fsp3) is 0. The summed E-state index contributed by atoms with van der Waals surface area (Å²) in [7, 11) is 0. The smallest absolute Gasteiger partial charge is 0.101 e. The molecule has 0 unspecified atom stereocenters. The van der Waals surface area contributed by atoms with Gasteiger partial charge in [-0.1, -0.05) is 18.2 Å². The van der Waals surface area contributed by atoms with Crippen molar-refractivity contribution < 1.29 is 0 Å². The van der Waals surface area contributed by atoms with E-state index in [2.05, 4.69) is 34.6 Å². The Bertz CT molecular complexity index is 685.